The summed E-state index contributed by atoms with van der Waals surface area (Å²) >= 11 is 0. The number of benzene rings is 1. The zero-order valence-corrected chi connectivity index (χ0v) is 11.4. The maximum Gasteiger partial charge on any atom is 0.253 e. The molecule has 17 heavy (non-hydrogen) atoms. The molecule has 4 heteroatoms. The molecule has 3 nitrogen and oxygen atoms in total. The predicted octanol–water partition coefficient (Wildman–Crippen LogP) is 3.81. The Hall–Kier alpha value is -1.05. The van der Waals surface area contributed by atoms with E-state index in [4.69, 9.17) is 4.52 Å². The van der Waals surface area contributed by atoms with Crippen molar-refractivity contribution in [2.24, 2.45) is 0 Å². The third-order valence-corrected chi connectivity index (χ3v) is 5.78. The van der Waals surface area contributed by atoms with E-state index >= 15 is 0 Å². The van der Waals surface area contributed by atoms with Gasteiger partial charge < -0.3 is 9.42 Å². The summed E-state index contributed by atoms with van der Waals surface area (Å²) in [6.07, 6.45) is 0. The third kappa shape index (κ3) is 2.18. The topological polar surface area (TPSA) is 29.5 Å². The van der Waals surface area contributed by atoms with Gasteiger partial charge in [-0.15, -0.1) is 0 Å². The van der Waals surface area contributed by atoms with Crippen molar-refractivity contribution in [1.29, 1.82) is 0 Å². The molecule has 0 saturated heterocycles. The van der Waals surface area contributed by atoms with Gasteiger partial charge in [0.25, 0.3) is 7.37 Å². The standard InChI is InChI=1S/C13H18NO2P/c1-4-16-17(15)10-11(2)14(3)13(17)12-8-6-5-7-9-12/h5-10,13H,4H2,1-3H3/t13-,17-/m0/s1. The van der Waals surface area contributed by atoms with Crippen LogP contribution in [-0.4, -0.2) is 18.6 Å². The number of nitrogens with zero attached hydrogens (tertiary/aromatic N) is 1. The average Bonchev–Trinajstić information content (AvgIpc) is 2.51. The summed E-state index contributed by atoms with van der Waals surface area (Å²) in [6.45, 7) is 4.32. The summed E-state index contributed by atoms with van der Waals surface area (Å²) in [5.41, 5.74) is 2.05. The molecule has 92 valence electrons. The quantitative estimate of drug-likeness (QED) is 0.765. The van der Waals surface area contributed by atoms with Crippen LogP contribution < -0.4 is 0 Å². The molecule has 0 N–H and O–H groups in total. The molecule has 1 aromatic rings. The van der Waals surface area contributed by atoms with Crippen LogP contribution in [0.3, 0.4) is 0 Å². The Morgan fingerprint density at radius 1 is 1.35 bits per heavy atom. The molecular formula is C13H18NO2P. The van der Waals surface area contributed by atoms with Gasteiger partial charge in [0.05, 0.1) is 6.61 Å². The molecule has 1 aliphatic heterocycles. The van der Waals surface area contributed by atoms with Gasteiger partial charge in [0.15, 0.2) is 0 Å². The van der Waals surface area contributed by atoms with E-state index in [2.05, 4.69) is 0 Å². The largest absolute Gasteiger partial charge is 0.362 e. The fourth-order valence-corrected chi connectivity index (χ4v) is 4.94. The molecule has 0 unspecified atom stereocenters. The van der Waals surface area contributed by atoms with Crippen LogP contribution in [0.4, 0.5) is 0 Å². The Labute approximate surface area is 103 Å². The van der Waals surface area contributed by atoms with E-state index in [1.54, 1.807) is 5.82 Å². The van der Waals surface area contributed by atoms with Gasteiger partial charge in [-0.1, -0.05) is 30.3 Å². The van der Waals surface area contributed by atoms with E-state index in [0.717, 1.165) is 11.3 Å². The lowest BCUT2D eigenvalue weighted by Gasteiger charge is -2.27. The minimum Gasteiger partial charge on any atom is -0.362 e. The number of hydrogen-bond acceptors (Lipinski definition) is 3. The van der Waals surface area contributed by atoms with Crippen molar-refractivity contribution in [2.75, 3.05) is 13.7 Å². The van der Waals surface area contributed by atoms with Gasteiger partial charge in [-0.25, -0.2) is 0 Å². The third-order valence-electron chi connectivity index (χ3n) is 3.06. The highest BCUT2D eigenvalue weighted by molar-refractivity contribution is 7.62. The lowest BCUT2D eigenvalue weighted by molar-refractivity contribution is 0.305. The van der Waals surface area contributed by atoms with Gasteiger partial charge in [-0.2, -0.15) is 0 Å². The van der Waals surface area contributed by atoms with E-state index in [0.29, 0.717) is 6.61 Å². The van der Waals surface area contributed by atoms with Gasteiger partial charge in [0.2, 0.25) is 0 Å². The summed E-state index contributed by atoms with van der Waals surface area (Å²) in [4.78, 5) is 2.03. The smallest absolute Gasteiger partial charge is 0.253 e. The molecule has 0 bridgehead atoms. The molecule has 2 atom stereocenters. The Morgan fingerprint density at radius 3 is 2.59 bits per heavy atom. The molecule has 1 aromatic carbocycles. The van der Waals surface area contributed by atoms with Gasteiger partial charge in [-0.3, -0.25) is 4.57 Å². The Bertz CT molecular complexity index is 470. The number of allylic oxidation sites excluding steroid dienone is 1. The first-order chi connectivity index (χ1) is 8.08. The fraction of sp³-hybridized carbons (Fsp3) is 0.385. The lowest BCUT2D eigenvalue weighted by Crippen LogP contribution is -2.18. The maximum atomic E-state index is 12.8. The van der Waals surface area contributed by atoms with E-state index < -0.39 is 7.37 Å². The van der Waals surface area contributed by atoms with Crippen molar-refractivity contribution in [3.63, 3.8) is 0 Å². The van der Waals surface area contributed by atoms with Crippen molar-refractivity contribution in [1.82, 2.24) is 4.90 Å². The molecule has 1 aliphatic rings. The Balaban J connectivity index is 2.42. The van der Waals surface area contributed by atoms with Crippen LogP contribution in [0.1, 0.15) is 25.2 Å². The SMILES string of the molecule is CCO[P@@]1(=O)C=C(C)N(C)[C@@H]1c1ccccc1. The molecule has 0 spiro atoms. The van der Waals surface area contributed by atoms with Crippen LogP contribution in [0.2, 0.25) is 0 Å². The molecular weight excluding hydrogens is 233 g/mol. The average molecular weight is 251 g/mol. The van der Waals surface area contributed by atoms with Crippen LogP contribution in [-0.2, 0) is 9.09 Å². The van der Waals surface area contributed by atoms with E-state index in [1.165, 1.54) is 0 Å². The zero-order chi connectivity index (χ0) is 12.5. The summed E-state index contributed by atoms with van der Waals surface area (Å²) in [7, 11) is -0.790. The Morgan fingerprint density at radius 2 is 2.00 bits per heavy atom. The van der Waals surface area contributed by atoms with Gasteiger partial charge >= 0.3 is 0 Å². The molecule has 0 aliphatic carbocycles. The number of hydrogen-bond donors (Lipinski definition) is 0. The Kier molecular flexibility index (Phi) is 3.41. The minimum atomic E-state index is -2.75. The molecule has 0 radical (unpaired) electrons. The predicted molar refractivity (Wildman–Crippen MR) is 69.9 cm³/mol. The summed E-state index contributed by atoms with van der Waals surface area (Å²) in [5, 5.41) is 0. The second-order valence-corrected chi connectivity index (χ2v) is 6.52. The maximum absolute atomic E-state index is 12.8. The van der Waals surface area contributed by atoms with E-state index in [1.807, 2.05) is 56.1 Å². The highest BCUT2D eigenvalue weighted by Crippen LogP contribution is 2.67. The first-order valence-electron chi connectivity index (χ1n) is 5.79. The van der Waals surface area contributed by atoms with Crippen LogP contribution in [0.5, 0.6) is 0 Å². The summed E-state index contributed by atoms with van der Waals surface area (Å²) in [5.74, 6) is 1.61. The van der Waals surface area contributed by atoms with Crippen LogP contribution >= 0.6 is 7.37 Å². The van der Waals surface area contributed by atoms with Gasteiger partial charge in [0.1, 0.15) is 5.78 Å². The summed E-state index contributed by atoms with van der Waals surface area (Å²) < 4.78 is 18.4. The molecule has 1 heterocycles. The van der Waals surface area contributed by atoms with E-state index in [-0.39, 0.29) is 5.78 Å². The van der Waals surface area contributed by atoms with Gasteiger partial charge in [-0.05, 0) is 19.4 Å². The molecule has 0 amide bonds. The van der Waals surface area contributed by atoms with Crippen LogP contribution in [0, 0.1) is 0 Å². The number of rotatable bonds is 3. The van der Waals surface area contributed by atoms with Crippen molar-refractivity contribution >= 4 is 7.37 Å². The van der Waals surface area contributed by atoms with Crippen molar-refractivity contribution in [3.05, 3.63) is 47.4 Å². The van der Waals surface area contributed by atoms with Crippen LogP contribution in [0.25, 0.3) is 0 Å². The van der Waals surface area contributed by atoms with Crippen molar-refractivity contribution < 1.29 is 9.09 Å². The van der Waals surface area contributed by atoms with E-state index in [9.17, 15) is 4.57 Å². The first-order valence-corrected chi connectivity index (χ1v) is 7.56. The zero-order valence-electron chi connectivity index (χ0n) is 10.5. The molecule has 2 rings (SSSR count). The second kappa shape index (κ2) is 4.67. The molecule has 0 fully saturated rings. The van der Waals surface area contributed by atoms with Crippen molar-refractivity contribution in [3.8, 4) is 0 Å². The molecule has 0 aromatic heterocycles. The minimum absolute atomic E-state index is 0.177. The lowest BCUT2D eigenvalue weighted by atomic mass is 10.2. The van der Waals surface area contributed by atoms with Crippen molar-refractivity contribution in [2.45, 2.75) is 19.6 Å². The fourth-order valence-electron chi connectivity index (χ4n) is 2.22. The highest BCUT2D eigenvalue weighted by Gasteiger charge is 2.42. The monoisotopic (exact) mass is 251 g/mol. The first kappa shape index (κ1) is 12.4. The van der Waals surface area contributed by atoms with Gasteiger partial charge in [0, 0.05) is 18.6 Å². The molecule has 0 saturated carbocycles. The normalized spacial score (nSPS) is 28.3. The highest BCUT2D eigenvalue weighted by atomic mass is 31.2. The second-order valence-electron chi connectivity index (χ2n) is 4.23. The van der Waals surface area contributed by atoms with Crippen LogP contribution in [0.15, 0.2) is 41.8 Å². The summed E-state index contributed by atoms with van der Waals surface area (Å²) in [6, 6.07) is 9.89.